The zero-order valence-electron chi connectivity index (χ0n) is 13.3. The average molecular weight is 284 g/mol. The van der Waals surface area contributed by atoms with Crippen LogP contribution in [0.4, 0.5) is 5.69 Å². The van der Waals surface area contributed by atoms with Crippen LogP contribution in [0.2, 0.25) is 0 Å². The molecule has 0 aliphatic rings. The second kappa shape index (κ2) is 6.61. The number of benzene rings is 1. The lowest BCUT2D eigenvalue weighted by Gasteiger charge is -2.19. The maximum Gasteiger partial charge on any atom is 0.130 e. The first-order valence-corrected chi connectivity index (χ1v) is 7.41. The molecule has 0 radical (unpaired) electrons. The monoisotopic (exact) mass is 284 g/mol. The number of rotatable bonds is 5. The van der Waals surface area contributed by atoms with E-state index in [2.05, 4.69) is 50.1 Å². The average Bonchev–Trinajstić information content (AvgIpc) is 2.45. The van der Waals surface area contributed by atoms with Gasteiger partial charge in [-0.05, 0) is 42.2 Å². The minimum absolute atomic E-state index is 0.128. The van der Waals surface area contributed by atoms with Gasteiger partial charge in [-0.2, -0.15) is 0 Å². The Bertz CT molecular complexity index is 588. The summed E-state index contributed by atoms with van der Waals surface area (Å²) in [5.41, 5.74) is 3.40. The quantitative estimate of drug-likeness (QED) is 0.884. The Kier molecular flexibility index (Phi) is 4.84. The van der Waals surface area contributed by atoms with Crippen LogP contribution in [-0.4, -0.2) is 11.5 Å². The molecule has 0 bridgehead atoms. The van der Waals surface area contributed by atoms with E-state index >= 15 is 0 Å². The second-order valence-electron chi connectivity index (χ2n) is 6.13. The first kappa shape index (κ1) is 15.4. The summed E-state index contributed by atoms with van der Waals surface area (Å²) in [4.78, 5) is 4.34. The SMILES string of the molecule is CCNc1ccnc(COc2cccc(C(C)(C)C)c2)c1. The number of nitrogens with one attached hydrogen (secondary N) is 1. The fourth-order valence-corrected chi connectivity index (χ4v) is 2.08. The molecular weight excluding hydrogens is 260 g/mol. The van der Waals surface area contributed by atoms with Gasteiger partial charge in [-0.25, -0.2) is 0 Å². The Balaban J connectivity index is 2.04. The summed E-state index contributed by atoms with van der Waals surface area (Å²) in [5.74, 6) is 0.887. The molecule has 21 heavy (non-hydrogen) atoms. The Morgan fingerprint density at radius 3 is 2.67 bits per heavy atom. The van der Waals surface area contributed by atoms with Gasteiger partial charge in [-0.1, -0.05) is 32.9 Å². The van der Waals surface area contributed by atoms with Crippen molar-refractivity contribution in [1.29, 1.82) is 0 Å². The maximum absolute atomic E-state index is 5.87. The number of anilines is 1. The van der Waals surface area contributed by atoms with Gasteiger partial charge >= 0.3 is 0 Å². The van der Waals surface area contributed by atoms with Gasteiger partial charge in [0.25, 0.3) is 0 Å². The third-order valence-electron chi connectivity index (χ3n) is 3.28. The topological polar surface area (TPSA) is 34.2 Å². The highest BCUT2D eigenvalue weighted by Crippen LogP contribution is 2.26. The summed E-state index contributed by atoms with van der Waals surface area (Å²) >= 11 is 0. The van der Waals surface area contributed by atoms with Crippen LogP contribution in [0.1, 0.15) is 39.0 Å². The molecular formula is C18H24N2O. The summed E-state index contributed by atoms with van der Waals surface area (Å²) < 4.78 is 5.87. The van der Waals surface area contributed by atoms with E-state index in [4.69, 9.17) is 4.74 Å². The molecule has 1 aromatic heterocycles. The summed E-state index contributed by atoms with van der Waals surface area (Å²) in [6.45, 7) is 10.1. The smallest absolute Gasteiger partial charge is 0.130 e. The van der Waals surface area contributed by atoms with Crippen molar-refractivity contribution in [2.75, 3.05) is 11.9 Å². The Morgan fingerprint density at radius 1 is 1.14 bits per heavy atom. The van der Waals surface area contributed by atoms with Crippen LogP contribution < -0.4 is 10.1 Å². The van der Waals surface area contributed by atoms with Gasteiger partial charge in [0, 0.05) is 18.4 Å². The molecule has 0 unspecified atom stereocenters. The summed E-state index contributed by atoms with van der Waals surface area (Å²) in [7, 11) is 0. The summed E-state index contributed by atoms with van der Waals surface area (Å²) in [5, 5.41) is 3.28. The van der Waals surface area contributed by atoms with E-state index in [0.29, 0.717) is 6.61 Å². The fraction of sp³-hybridized carbons (Fsp3) is 0.389. The van der Waals surface area contributed by atoms with Gasteiger partial charge < -0.3 is 10.1 Å². The molecule has 0 aliphatic heterocycles. The minimum Gasteiger partial charge on any atom is -0.487 e. The van der Waals surface area contributed by atoms with Crippen molar-refractivity contribution in [3.8, 4) is 5.75 Å². The van der Waals surface area contributed by atoms with Crippen LogP contribution in [-0.2, 0) is 12.0 Å². The highest BCUT2D eigenvalue weighted by atomic mass is 16.5. The third-order valence-corrected chi connectivity index (χ3v) is 3.28. The number of aromatic nitrogens is 1. The van der Waals surface area contributed by atoms with E-state index in [1.807, 2.05) is 30.5 Å². The molecule has 0 fully saturated rings. The number of nitrogens with zero attached hydrogens (tertiary/aromatic N) is 1. The van der Waals surface area contributed by atoms with Crippen molar-refractivity contribution in [2.45, 2.75) is 39.7 Å². The highest BCUT2D eigenvalue weighted by molar-refractivity contribution is 5.43. The second-order valence-corrected chi connectivity index (χ2v) is 6.13. The molecule has 0 spiro atoms. The first-order chi connectivity index (χ1) is 9.99. The van der Waals surface area contributed by atoms with Gasteiger partial charge in [0.15, 0.2) is 0 Å². The zero-order chi connectivity index (χ0) is 15.3. The van der Waals surface area contributed by atoms with Crippen LogP contribution in [0.25, 0.3) is 0 Å². The Morgan fingerprint density at radius 2 is 1.95 bits per heavy atom. The standard InChI is InChI=1S/C18H24N2O/c1-5-19-15-9-10-20-16(12-15)13-21-17-8-6-7-14(11-17)18(2,3)4/h6-12H,5,13H2,1-4H3,(H,19,20). The van der Waals surface area contributed by atoms with E-state index < -0.39 is 0 Å². The van der Waals surface area contributed by atoms with Gasteiger partial charge in [0.05, 0.1) is 5.69 Å². The maximum atomic E-state index is 5.87. The van der Waals surface area contributed by atoms with Gasteiger partial charge in [-0.3, -0.25) is 4.98 Å². The molecule has 1 aromatic carbocycles. The number of pyridine rings is 1. The van der Waals surface area contributed by atoms with E-state index in [1.54, 1.807) is 0 Å². The molecule has 1 N–H and O–H groups in total. The molecule has 0 saturated heterocycles. The molecule has 2 aromatic rings. The predicted octanol–water partition coefficient (Wildman–Crippen LogP) is 4.39. The molecule has 0 saturated carbocycles. The largest absolute Gasteiger partial charge is 0.487 e. The number of hydrogen-bond donors (Lipinski definition) is 1. The van der Waals surface area contributed by atoms with Crippen LogP contribution in [0, 0.1) is 0 Å². The van der Waals surface area contributed by atoms with E-state index in [0.717, 1.165) is 23.7 Å². The van der Waals surface area contributed by atoms with Gasteiger partial charge in [-0.15, -0.1) is 0 Å². The fourth-order valence-electron chi connectivity index (χ4n) is 2.08. The lowest BCUT2D eigenvalue weighted by atomic mass is 9.87. The Hall–Kier alpha value is -2.03. The molecule has 112 valence electrons. The van der Waals surface area contributed by atoms with Crippen LogP contribution in [0.5, 0.6) is 5.75 Å². The molecule has 3 nitrogen and oxygen atoms in total. The van der Waals surface area contributed by atoms with Crippen molar-refractivity contribution in [1.82, 2.24) is 4.98 Å². The van der Waals surface area contributed by atoms with E-state index in [9.17, 15) is 0 Å². The molecule has 1 heterocycles. The zero-order valence-corrected chi connectivity index (χ0v) is 13.3. The lowest BCUT2D eigenvalue weighted by Crippen LogP contribution is -2.11. The Labute approximate surface area is 127 Å². The third kappa shape index (κ3) is 4.48. The molecule has 3 heteroatoms. The molecule has 0 amide bonds. The summed E-state index contributed by atoms with van der Waals surface area (Å²) in [6, 6.07) is 12.3. The highest BCUT2D eigenvalue weighted by Gasteiger charge is 2.13. The molecule has 0 aliphatic carbocycles. The number of hydrogen-bond acceptors (Lipinski definition) is 3. The van der Waals surface area contributed by atoms with Crippen molar-refractivity contribution in [2.24, 2.45) is 0 Å². The molecule has 2 rings (SSSR count). The normalized spacial score (nSPS) is 11.2. The van der Waals surface area contributed by atoms with Crippen LogP contribution >= 0.6 is 0 Å². The number of ether oxygens (including phenoxy) is 1. The van der Waals surface area contributed by atoms with Crippen molar-refractivity contribution >= 4 is 5.69 Å². The van der Waals surface area contributed by atoms with Crippen molar-refractivity contribution in [3.63, 3.8) is 0 Å². The van der Waals surface area contributed by atoms with Crippen LogP contribution in [0.15, 0.2) is 42.6 Å². The first-order valence-electron chi connectivity index (χ1n) is 7.41. The van der Waals surface area contributed by atoms with E-state index in [-0.39, 0.29) is 5.41 Å². The minimum atomic E-state index is 0.128. The van der Waals surface area contributed by atoms with E-state index in [1.165, 1.54) is 5.56 Å². The van der Waals surface area contributed by atoms with Crippen LogP contribution in [0.3, 0.4) is 0 Å². The van der Waals surface area contributed by atoms with Crippen molar-refractivity contribution in [3.05, 3.63) is 53.9 Å². The predicted molar refractivity (Wildman–Crippen MR) is 87.9 cm³/mol. The van der Waals surface area contributed by atoms with Gasteiger partial charge in [0.1, 0.15) is 12.4 Å². The summed E-state index contributed by atoms with van der Waals surface area (Å²) in [6.07, 6.45) is 1.81. The molecule has 0 atom stereocenters. The lowest BCUT2D eigenvalue weighted by molar-refractivity contribution is 0.300. The van der Waals surface area contributed by atoms with Crippen molar-refractivity contribution < 1.29 is 4.74 Å². The van der Waals surface area contributed by atoms with Gasteiger partial charge in [0.2, 0.25) is 0 Å².